The molecule has 0 saturated carbocycles. The molecule has 0 spiro atoms. The summed E-state index contributed by atoms with van der Waals surface area (Å²) >= 11 is 0. The first-order valence-electron chi connectivity index (χ1n) is 5.40. The fourth-order valence-electron chi connectivity index (χ4n) is 2.11. The predicted octanol–water partition coefficient (Wildman–Crippen LogP) is 0.427. The van der Waals surface area contributed by atoms with Gasteiger partial charge < -0.3 is 9.47 Å². The maximum atomic E-state index is 5.86. The zero-order valence-electron chi connectivity index (χ0n) is 9.29. The fraction of sp³-hybridized carbons (Fsp3) is 0.818. The Labute approximate surface area is 91.5 Å². The lowest BCUT2D eigenvalue weighted by Gasteiger charge is -2.42. The van der Waals surface area contributed by atoms with Gasteiger partial charge in [0.1, 0.15) is 0 Å². The van der Waals surface area contributed by atoms with E-state index in [1.54, 1.807) is 0 Å². The van der Waals surface area contributed by atoms with Crippen molar-refractivity contribution >= 4 is 0 Å². The molecule has 0 aromatic rings. The number of ether oxygens (including phenoxy) is 2. The van der Waals surface area contributed by atoms with Gasteiger partial charge in [0.2, 0.25) is 0 Å². The second-order valence-corrected chi connectivity index (χ2v) is 3.74. The maximum Gasteiger partial charge on any atom is 0.0901 e. The van der Waals surface area contributed by atoms with Gasteiger partial charge in [-0.25, -0.2) is 0 Å². The summed E-state index contributed by atoms with van der Waals surface area (Å²) in [4.78, 5) is 0. The topological polar surface area (TPSA) is 56.5 Å². The number of hydrogen-bond donors (Lipinski definition) is 2. The van der Waals surface area contributed by atoms with Crippen molar-refractivity contribution in [2.75, 3.05) is 19.8 Å². The number of nitrogens with one attached hydrogen (secondary N) is 1. The van der Waals surface area contributed by atoms with E-state index < -0.39 is 0 Å². The van der Waals surface area contributed by atoms with Crippen LogP contribution in [0.25, 0.3) is 0 Å². The molecule has 4 heteroatoms. The minimum atomic E-state index is -0.256. The molecule has 86 valence electrons. The first kappa shape index (κ1) is 12.5. The van der Waals surface area contributed by atoms with Gasteiger partial charge in [-0.2, -0.15) is 0 Å². The average molecular weight is 212 g/mol. The molecule has 1 fully saturated rings. The number of hydrazine groups is 1. The largest absolute Gasteiger partial charge is 0.381 e. The Morgan fingerprint density at radius 2 is 2.27 bits per heavy atom. The van der Waals surface area contributed by atoms with Crippen LogP contribution in [0.5, 0.6) is 0 Å². The van der Waals surface area contributed by atoms with Crippen molar-refractivity contribution in [2.45, 2.75) is 37.8 Å². The molecule has 1 rings (SSSR count). The predicted molar refractivity (Wildman–Crippen MR) is 59.0 cm³/mol. The third-order valence-corrected chi connectivity index (χ3v) is 2.93. The summed E-state index contributed by atoms with van der Waals surface area (Å²) in [6.45, 7) is 4.08. The molecule has 0 radical (unpaired) electrons. The Morgan fingerprint density at radius 1 is 1.60 bits per heavy atom. The van der Waals surface area contributed by atoms with Gasteiger partial charge in [0.25, 0.3) is 0 Å². The van der Waals surface area contributed by atoms with Crippen LogP contribution in [0.4, 0.5) is 0 Å². The van der Waals surface area contributed by atoms with Crippen LogP contribution in [-0.2, 0) is 9.47 Å². The lowest BCUT2D eigenvalue weighted by molar-refractivity contribution is -0.125. The highest BCUT2D eigenvalue weighted by Gasteiger charge is 2.40. The van der Waals surface area contributed by atoms with E-state index >= 15 is 0 Å². The van der Waals surface area contributed by atoms with E-state index in [2.05, 4.69) is 11.3 Å². The van der Waals surface area contributed by atoms with Crippen LogP contribution in [0, 0.1) is 12.3 Å². The van der Waals surface area contributed by atoms with Gasteiger partial charge in [-0.15, -0.1) is 12.3 Å². The van der Waals surface area contributed by atoms with Crippen LogP contribution in [0.1, 0.15) is 26.2 Å². The summed E-state index contributed by atoms with van der Waals surface area (Å²) in [7, 11) is 0. The fourth-order valence-corrected chi connectivity index (χ4v) is 2.11. The van der Waals surface area contributed by atoms with Crippen molar-refractivity contribution in [1.29, 1.82) is 0 Å². The molecule has 0 amide bonds. The van der Waals surface area contributed by atoms with Gasteiger partial charge in [0.05, 0.1) is 11.6 Å². The van der Waals surface area contributed by atoms with Crippen molar-refractivity contribution in [1.82, 2.24) is 5.43 Å². The third kappa shape index (κ3) is 2.93. The second kappa shape index (κ2) is 6.09. The molecule has 15 heavy (non-hydrogen) atoms. The summed E-state index contributed by atoms with van der Waals surface area (Å²) in [6, 6.07) is 0.00588. The van der Waals surface area contributed by atoms with Gasteiger partial charge in [-0.1, -0.05) is 0 Å². The maximum absolute atomic E-state index is 5.86. The molecule has 0 bridgehead atoms. The van der Waals surface area contributed by atoms with E-state index in [-0.39, 0.29) is 11.6 Å². The van der Waals surface area contributed by atoms with Gasteiger partial charge in [-0.3, -0.25) is 11.3 Å². The van der Waals surface area contributed by atoms with Crippen molar-refractivity contribution in [3.8, 4) is 12.3 Å². The zero-order chi connectivity index (χ0) is 11.1. The molecule has 1 unspecified atom stereocenters. The molecule has 0 aromatic carbocycles. The van der Waals surface area contributed by atoms with Crippen molar-refractivity contribution in [3.63, 3.8) is 0 Å². The molecule has 1 heterocycles. The van der Waals surface area contributed by atoms with Crippen molar-refractivity contribution in [3.05, 3.63) is 0 Å². The minimum absolute atomic E-state index is 0.00588. The molecule has 1 atom stereocenters. The van der Waals surface area contributed by atoms with E-state index in [0.29, 0.717) is 26.2 Å². The van der Waals surface area contributed by atoms with Crippen LogP contribution >= 0.6 is 0 Å². The van der Waals surface area contributed by atoms with E-state index in [9.17, 15) is 0 Å². The molecule has 0 aliphatic carbocycles. The molecule has 4 nitrogen and oxygen atoms in total. The number of hydrogen-bond acceptors (Lipinski definition) is 4. The Hall–Kier alpha value is -0.600. The summed E-state index contributed by atoms with van der Waals surface area (Å²) in [5, 5.41) is 0. The molecule has 1 aliphatic heterocycles. The lowest BCUT2D eigenvalue weighted by Crippen LogP contribution is -2.57. The normalized spacial score (nSPS) is 21.9. The third-order valence-electron chi connectivity index (χ3n) is 2.93. The minimum Gasteiger partial charge on any atom is -0.381 e. The SMILES string of the molecule is C#CCC(NN)C1(OCC)CCOCC1. The summed E-state index contributed by atoms with van der Waals surface area (Å²) < 4.78 is 11.2. The number of terminal acetylenes is 1. The second-order valence-electron chi connectivity index (χ2n) is 3.74. The van der Waals surface area contributed by atoms with Crippen LogP contribution in [0.15, 0.2) is 0 Å². The first-order chi connectivity index (χ1) is 7.29. The van der Waals surface area contributed by atoms with Crippen LogP contribution in [-0.4, -0.2) is 31.5 Å². The first-order valence-corrected chi connectivity index (χ1v) is 5.40. The van der Waals surface area contributed by atoms with Crippen LogP contribution in [0.2, 0.25) is 0 Å². The monoisotopic (exact) mass is 212 g/mol. The summed E-state index contributed by atoms with van der Waals surface area (Å²) in [6.07, 6.45) is 7.60. The quantitative estimate of drug-likeness (QED) is 0.394. The van der Waals surface area contributed by atoms with Gasteiger partial charge in [-0.05, 0) is 6.92 Å². The van der Waals surface area contributed by atoms with E-state index in [4.69, 9.17) is 21.7 Å². The lowest BCUT2D eigenvalue weighted by atomic mass is 9.84. The van der Waals surface area contributed by atoms with E-state index in [1.807, 2.05) is 6.92 Å². The molecule has 1 aliphatic rings. The average Bonchev–Trinajstić information content (AvgIpc) is 2.27. The Kier molecular flexibility index (Phi) is 5.06. The molecule has 0 aromatic heterocycles. The van der Waals surface area contributed by atoms with E-state index in [0.717, 1.165) is 12.8 Å². The number of nitrogens with two attached hydrogens (primary N) is 1. The Morgan fingerprint density at radius 3 is 2.73 bits per heavy atom. The van der Waals surface area contributed by atoms with E-state index in [1.165, 1.54) is 0 Å². The van der Waals surface area contributed by atoms with Gasteiger partial charge in [0, 0.05) is 39.1 Å². The van der Waals surface area contributed by atoms with Crippen LogP contribution in [0.3, 0.4) is 0 Å². The molecule has 3 N–H and O–H groups in total. The van der Waals surface area contributed by atoms with Crippen molar-refractivity contribution in [2.24, 2.45) is 5.84 Å². The van der Waals surface area contributed by atoms with Gasteiger partial charge >= 0.3 is 0 Å². The molecule has 1 saturated heterocycles. The summed E-state index contributed by atoms with van der Waals surface area (Å²) in [5.74, 6) is 8.17. The Bertz CT molecular complexity index is 214. The molecular formula is C11H20N2O2. The highest BCUT2D eigenvalue weighted by Crippen LogP contribution is 2.30. The molecular weight excluding hydrogens is 192 g/mol. The highest BCUT2D eigenvalue weighted by atomic mass is 16.5. The highest BCUT2D eigenvalue weighted by molar-refractivity contribution is 5.01. The smallest absolute Gasteiger partial charge is 0.0901 e. The number of rotatable bonds is 5. The van der Waals surface area contributed by atoms with Crippen LogP contribution < -0.4 is 11.3 Å². The summed E-state index contributed by atoms with van der Waals surface area (Å²) in [5.41, 5.74) is 2.52. The van der Waals surface area contributed by atoms with Gasteiger partial charge in [0.15, 0.2) is 0 Å². The Balaban J connectivity index is 2.72. The standard InChI is InChI=1S/C11H20N2O2/c1-3-5-10(13-12)11(15-4-2)6-8-14-9-7-11/h1,10,13H,4-9,12H2,2H3. The zero-order valence-corrected chi connectivity index (χ0v) is 9.29. The van der Waals surface area contributed by atoms with Crippen molar-refractivity contribution < 1.29 is 9.47 Å².